The number of carbonyl (C=O) groups excluding carboxylic acids is 1. The lowest BCUT2D eigenvalue weighted by molar-refractivity contribution is 0.0996. The Hall–Kier alpha value is -4.08. The van der Waals surface area contributed by atoms with E-state index in [1.165, 1.54) is 0 Å². The van der Waals surface area contributed by atoms with Crippen LogP contribution in [0.15, 0.2) is 42.9 Å². The van der Waals surface area contributed by atoms with Crippen molar-refractivity contribution in [2.75, 3.05) is 16.3 Å². The van der Waals surface area contributed by atoms with Crippen molar-refractivity contribution in [2.24, 2.45) is 0 Å². The summed E-state index contributed by atoms with van der Waals surface area (Å²) in [6.45, 7) is 9.78. The fourth-order valence-electron chi connectivity index (χ4n) is 5.23. The number of amides is 1. The van der Waals surface area contributed by atoms with E-state index in [9.17, 15) is 4.79 Å². The molecule has 0 spiro atoms. The molecule has 0 aliphatic carbocycles. The number of aromatic nitrogens is 7. The molecule has 6 heterocycles. The van der Waals surface area contributed by atoms with Gasteiger partial charge in [-0.2, -0.15) is 5.10 Å². The maximum Gasteiger partial charge on any atom is 0.260 e. The van der Waals surface area contributed by atoms with E-state index in [0.29, 0.717) is 35.5 Å². The van der Waals surface area contributed by atoms with Crippen LogP contribution in [0.3, 0.4) is 0 Å². The molecule has 0 saturated carbocycles. The summed E-state index contributed by atoms with van der Waals surface area (Å²) in [5, 5.41) is 12.9. The van der Waals surface area contributed by atoms with Gasteiger partial charge in [-0.15, -0.1) is 10.2 Å². The fraction of sp³-hybridized carbons (Fsp3) is 0.385. The van der Waals surface area contributed by atoms with Gasteiger partial charge >= 0.3 is 0 Å². The van der Waals surface area contributed by atoms with Gasteiger partial charge in [-0.3, -0.25) is 14.3 Å². The third-order valence-corrected chi connectivity index (χ3v) is 7.13. The summed E-state index contributed by atoms with van der Waals surface area (Å²) < 4.78 is 3.78. The normalized spacial score (nSPS) is 17.5. The van der Waals surface area contributed by atoms with Crippen LogP contribution in [0, 0.1) is 6.92 Å². The summed E-state index contributed by atoms with van der Waals surface area (Å²) in [7, 11) is 0. The zero-order chi connectivity index (χ0) is 25.0. The highest BCUT2D eigenvalue weighted by molar-refractivity contribution is 6.10. The summed E-state index contributed by atoms with van der Waals surface area (Å²) in [6.07, 6.45) is 5.72. The van der Waals surface area contributed by atoms with Gasteiger partial charge in [0.25, 0.3) is 5.91 Å². The topological polar surface area (TPSA) is 97.9 Å². The van der Waals surface area contributed by atoms with Crippen molar-refractivity contribution < 1.29 is 4.79 Å². The second-order valence-corrected chi connectivity index (χ2v) is 9.80. The Balaban J connectivity index is 1.34. The van der Waals surface area contributed by atoms with E-state index in [2.05, 4.69) is 41.0 Å². The zero-order valence-electron chi connectivity index (χ0n) is 21.0. The van der Waals surface area contributed by atoms with Crippen LogP contribution in [-0.2, 0) is 6.54 Å². The maximum absolute atomic E-state index is 13.6. The molecule has 1 amide bonds. The molecular formula is C26H29N9O. The average Bonchev–Trinajstić information content (AvgIpc) is 3.65. The Kier molecular flexibility index (Phi) is 5.31. The highest BCUT2D eigenvalue weighted by atomic mass is 16.2. The average molecular weight is 484 g/mol. The fourth-order valence-corrected chi connectivity index (χ4v) is 5.23. The van der Waals surface area contributed by atoms with Crippen molar-refractivity contribution in [3.05, 3.63) is 59.7 Å². The number of fused-ring (bicyclic) bond motifs is 1. The minimum Gasteiger partial charge on any atom is -0.354 e. The van der Waals surface area contributed by atoms with Crippen molar-refractivity contribution in [1.29, 1.82) is 0 Å². The van der Waals surface area contributed by atoms with E-state index in [-0.39, 0.29) is 11.9 Å². The van der Waals surface area contributed by atoms with E-state index in [1.54, 1.807) is 17.4 Å². The lowest BCUT2D eigenvalue weighted by Crippen LogP contribution is -2.28. The quantitative estimate of drug-likeness (QED) is 0.424. The number of hydrogen-bond donors (Lipinski definition) is 0. The first-order valence-electron chi connectivity index (χ1n) is 12.4. The molecule has 0 bridgehead atoms. The molecule has 4 aromatic rings. The van der Waals surface area contributed by atoms with Gasteiger partial charge in [-0.05, 0) is 58.7 Å². The van der Waals surface area contributed by atoms with E-state index in [0.717, 1.165) is 42.3 Å². The summed E-state index contributed by atoms with van der Waals surface area (Å²) in [6, 6.07) is 10.1. The molecule has 2 aliphatic heterocycles. The molecular weight excluding hydrogens is 454 g/mol. The third kappa shape index (κ3) is 3.55. The van der Waals surface area contributed by atoms with E-state index >= 15 is 0 Å². The standard InChI is InChI=1S/C26H29N9O/c1-16(2)35-24(10-11-28-35)34-15-27-31-25(34)21-8-5-9-22(30-21)33-14-20-18(4)29-23(13-19(20)26(33)36)32-12-6-7-17(32)3/h5,8-11,13,15-17H,6-7,12,14H2,1-4H3/t17-/m1/s1. The Morgan fingerprint density at radius 3 is 2.75 bits per heavy atom. The van der Waals surface area contributed by atoms with Gasteiger partial charge in [-0.1, -0.05) is 6.07 Å². The molecule has 0 N–H and O–H groups in total. The minimum atomic E-state index is -0.0485. The van der Waals surface area contributed by atoms with Crippen LogP contribution in [0.2, 0.25) is 0 Å². The second kappa shape index (κ2) is 8.54. The number of aryl methyl sites for hydroxylation is 1. The predicted octanol–water partition coefficient (Wildman–Crippen LogP) is 3.96. The number of hydrogen-bond acceptors (Lipinski definition) is 7. The van der Waals surface area contributed by atoms with Gasteiger partial charge < -0.3 is 4.90 Å². The molecule has 1 saturated heterocycles. The van der Waals surface area contributed by atoms with E-state index in [4.69, 9.17) is 9.97 Å². The molecule has 6 rings (SSSR count). The largest absolute Gasteiger partial charge is 0.354 e. The lowest BCUT2D eigenvalue weighted by atomic mass is 10.1. The van der Waals surface area contributed by atoms with E-state index < -0.39 is 0 Å². The third-order valence-electron chi connectivity index (χ3n) is 7.13. The predicted molar refractivity (Wildman–Crippen MR) is 136 cm³/mol. The Morgan fingerprint density at radius 1 is 1.11 bits per heavy atom. The van der Waals surface area contributed by atoms with Crippen molar-refractivity contribution in [1.82, 2.24) is 34.5 Å². The summed E-state index contributed by atoms with van der Waals surface area (Å²) in [5.74, 6) is 2.87. The van der Waals surface area contributed by atoms with Crippen LogP contribution in [0.5, 0.6) is 0 Å². The van der Waals surface area contributed by atoms with Crippen LogP contribution in [0.25, 0.3) is 17.3 Å². The van der Waals surface area contributed by atoms with Gasteiger partial charge in [-0.25, -0.2) is 14.6 Å². The highest BCUT2D eigenvalue weighted by Gasteiger charge is 2.33. The van der Waals surface area contributed by atoms with Crippen molar-refractivity contribution in [3.63, 3.8) is 0 Å². The van der Waals surface area contributed by atoms with Crippen molar-refractivity contribution >= 4 is 17.5 Å². The first-order valence-corrected chi connectivity index (χ1v) is 12.4. The molecule has 10 heteroatoms. The number of nitrogens with zero attached hydrogens (tertiary/aromatic N) is 9. The highest BCUT2D eigenvalue weighted by Crippen LogP contribution is 2.34. The molecule has 1 fully saturated rings. The van der Waals surface area contributed by atoms with Crippen LogP contribution in [-0.4, -0.2) is 53.0 Å². The number of pyridine rings is 2. The Labute approximate surface area is 209 Å². The first kappa shape index (κ1) is 22.4. The number of carbonyl (C=O) groups is 1. The molecule has 1 atom stereocenters. The van der Waals surface area contributed by atoms with Crippen LogP contribution in [0.4, 0.5) is 11.6 Å². The zero-order valence-corrected chi connectivity index (χ0v) is 21.0. The molecule has 2 aliphatic rings. The SMILES string of the molecule is Cc1nc(N2CCC[C@H]2C)cc2c1CN(c1cccc(-c3nncn3-c3ccnn3C(C)C)n1)C2=O. The molecule has 10 nitrogen and oxygen atoms in total. The molecule has 0 aromatic carbocycles. The summed E-state index contributed by atoms with van der Waals surface area (Å²) >= 11 is 0. The maximum atomic E-state index is 13.6. The van der Waals surface area contributed by atoms with Gasteiger partial charge in [0.2, 0.25) is 0 Å². The smallest absolute Gasteiger partial charge is 0.260 e. The molecule has 0 radical (unpaired) electrons. The summed E-state index contributed by atoms with van der Waals surface area (Å²) in [4.78, 5) is 27.3. The molecule has 184 valence electrons. The number of anilines is 2. The monoisotopic (exact) mass is 483 g/mol. The van der Waals surface area contributed by atoms with Crippen LogP contribution >= 0.6 is 0 Å². The Morgan fingerprint density at radius 2 is 1.97 bits per heavy atom. The van der Waals surface area contributed by atoms with Crippen LogP contribution < -0.4 is 9.80 Å². The number of rotatable bonds is 5. The van der Waals surface area contributed by atoms with E-state index in [1.807, 2.05) is 46.5 Å². The molecule has 36 heavy (non-hydrogen) atoms. The van der Waals surface area contributed by atoms with Gasteiger partial charge in [0.15, 0.2) is 5.82 Å². The Bertz CT molecular complexity index is 1450. The summed E-state index contributed by atoms with van der Waals surface area (Å²) in [5.41, 5.74) is 3.21. The van der Waals surface area contributed by atoms with Crippen LogP contribution in [0.1, 0.15) is 61.3 Å². The van der Waals surface area contributed by atoms with Gasteiger partial charge in [0.1, 0.15) is 29.5 Å². The van der Waals surface area contributed by atoms with Gasteiger partial charge in [0.05, 0.1) is 18.3 Å². The molecule has 0 unspecified atom stereocenters. The van der Waals surface area contributed by atoms with Gasteiger partial charge in [0, 0.05) is 36.0 Å². The van der Waals surface area contributed by atoms with Crippen molar-refractivity contribution in [3.8, 4) is 17.3 Å². The lowest BCUT2D eigenvalue weighted by Gasteiger charge is -2.23. The molecule has 4 aromatic heterocycles. The second-order valence-electron chi connectivity index (χ2n) is 9.80. The first-order chi connectivity index (χ1) is 17.4. The minimum absolute atomic E-state index is 0.0485. The van der Waals surface area contributed by atoms with Crippen molar-refractivity contribution in [2.45, 2.75) is 59.2 Å².